The van der Waals surface area contributed by atoms with E-state index in [-0.39, 0.29) is 10.8 Å². The molecule has 250 valence electrons. The third-order valence-corrected chi connectivity index (χ3v) is 12.5. The molecule has 0 N–H and O–H groups in total. The normalized spacial score (nSPS) is 14.7. The highest BCUT2D eigenvalue weighted by Gasteiger charge is 2.38. The van der Waals surface area contributed by atoms with Crippen LogP contribution in [0.1, 0.15) is 61.1 Å². The molecule has 0 saturated heterocycles. The van der Waals surface area contributed by atoms with Crippen LogP contribution < -0.4 is 0 Å². The van der Waals surface area contributed by atoms with Gasteiger partial charge in [-0.05, 0) is 131 Å². The van der Waals surface area contributed by atoms with E-state index in [1.165, 1.54) is 111 Å². The molecule has 0 nitrogen and oxygen atoms in total. The minimum atomic E-state index is -0.0769. The van der Waals surface area contributed by atoms with Gasteiger partial charge in [-0.1, -0.05) is 167 Å². The molecule has 0 aromatic heterocycles. The van der Waals surface area contributed by atoms with Crippen LogP contribution in [0.15, 0.2) is 146 Å². The zero-order valence-corrected chi connectivity index (χ0v) is 30.9. The molecule has 0 aliphatic heterocycles. The van der Waals surface area contributed by atoms with Crippen LogP contribution in [0, 0.1) is 13.8 Å². The Hall–Kier alpha value is -5.72. The molecule has 8 aromatic rings. The van der Waals surface area contributed by atoms with Crippen LogP contribution in [0.5, 0.6) is 0 Å². The molecule has 0 bridgehead atoms. The zero-order valence-electron chi connectivity index (χ0n) is 30.9. The van der Waals surface area contributed by atoms with Crippen LogP contribution in [-0.2, 0) is 10.8 Å². The summed E-state index contributed by atoms with van der Waals surface area (Å²) in [7, 11) is 0. The van der Waals surface area contributed by atoms with Crippen molar-refractivity contribution in [2.24, 2.45) is 0 Å². The third-order valence-electron chi connectivity index (χ3n) is 12.5. The van der Waals surface area contributed by atoms with Crippen molar-refractivity contribution in [2.75, 3.05) is 0 Å². The van der Waals surface area contributed by atoms with Crippen LogP contribution in [0.3, 0.4) is 0 Å². The van der Waals surface area contributed by atoms with Gasteiger partial charge in [0, 0.05) is 10.8 Å². The fraction of sp³-hybridized carbons (Fsp3) is 0.154. The van der Waals surface area contributed by atoms with Gasteiger partial charge in [0.05, 0.1) is 0 Å². The quantitative estimate of drug-likeness (QED) is 0.165. The molecule has 52 heavy (non-hydrogen) atoms. The van der Waals surface area contributed by atoms with Crippen LogP contribution in [0.25, 0.3) is 77.2 Å². The SMILES string of the molecule is Cc1ccc(-c2c3ccccc3c(-c3cccc4c3-c3ccccc3C4(C)C)c3cc(-c4ccc5c(c4)C(C)(C)c4ccccc4-5)ccc23)c(C)c1. The predicted octanol–water partition coefficient (Wildman–Crippen LogP) is 14.2. The lowest BCUT2D eigenvalue weighted by molar-refractivity contribution is 0.660. The van der Waals surface area contributed by atoms with Crippen LogP contribution in [-0.4, -0.2) is 0 Å². The third kappa shape index (κ3) is 4.21. The first kappa shape index (κ1) is 31.1. The fourth-order valence-corrected chi connectivity index (χ4v) is 9.88. The summed E-state index contributed by atoms with van der Waals surface area (Å²) < 4.78 is 0. The summed E-state index contributed by atoms with van der Waals surface area (Å²) in [5.74, 6) is 0. The number of hydrogen-bond acceptors (Lipinski definition) is 0. The topological polar surface area (TPSA) is 0 Å². The number of benzene rings is 8. The summed E-state index contributed by atoms with van der Waals surface area (Å²) in [6.45, 7) is 14.0. The second-order valence-corrected chi connectivity index (χ2v) is 16.2. The van der Waals surface area contributed by atoms with Gasteiger partial charge in [-0.25, -0.2) is 0 Å². The maximum atomic E-state index is 2.49. The lowest BCUT2D eigenvalue weighted by atomic mass is 9.80. The number of fused-ring (bicyclic) bond motifs is 8. The first-order valence-electron chi connectivity index (χ1n) is 18.7. The minimum Gasteiger partial charge on any atom is -0.0619 e. The molecule has 2 aliphatic rings. The van der Waals surface area contributed by atoms with Crippen LogP contribution in [0.4, 0.5) is 0 Å². The summed E-state index contributed by atoms with van der Waals surface area (Å²) in [6, 6.07) is 55.4. The lowest BCUT2D eigenvalue weighted by Crippen LogP contribution is -2.14. The highest BCUT2D eigenvalue weighted by atomic mass is 14.4. The molecular formula is C52H42. The zero-order chi connectivity index (χ0) is 35.5. The van der Waals surface area contributed by atoms with Crippen LogP contribution in [0.2, 0.25) is 0 Å². The van der Waals surface area contributed by atoms with Gasteiger partial charge in [-0.15, -0.1) is 0 Å². The Morgan fingerprint density at radius 1 is 0.327 bits per heavy atom. The Bertz CT molecular complexity index is 2800. The molecule has 0 radical (unpaired) electrons. The fourth-order valence-electron chi connectivity index (χ4n) is 9.88. The van der Waals surface area contributed by atoms with Crippen molar-refractivity contribution in [1.82, 2.24) is 0 Å². The van der Waals surface area contributed by atoms with Gasteiger partial charge in [0.15, 0.2) is 0 Å². The molecule has 0 fully saturated rings. The molecule has 0 amide bonds. The summed E-state index contributed by atoms with van der Waals surface area (Å²) in [4.78, 5) is 0. The molecule has 0 atom stereocenters. The van der Waals surface area contributed by atoms with Gasteiger partial charge in [-0.2, -0.15) is 0 Å². The minimum absolute atomic E-state index is 0.0545. The molecule has 0 heterocycles. The summed E-state index contributed by atoms with van der Waals surface area (Å²) >= 11 is 0. The van der Waals surface area contributed by atoms with E-state index in [1.54, 1.807) is 0 Å². The Balaban J connectivity index is 1.31. The van der Waals surface area contributed by atoms with Gasteiger partial charge in [0.1, 0.15) is 0 Å². The van der Waals surface area contributed by atoms with Crippen molar-refractivity contribution in [1.29, 1.82) is 0 Å². The lowest BCUT2D eigenvalue weighted by Gasteiger charge is -2.23. The predicted molar refractivity (Wildman–Crippen MR) is 222 cm³/mol. The van der Waals surface area contributed by atoms with Gasteiger partial charge >= 0.3 is 0 Å². The molecule has 2 aliphatic carbocycles. The maximum Gasteiger partial charge on any atom is 0.0159 e. The molecular weight excluding hydrogens is 625 g/mol. The van der Waals surface area contributed by atoms with E-state index in [0.717, 1.165) is 0 Å². The standard InChI is InChI=1S/C52H42/c1-31-22-25-35(32(2)28-31)48-38-15-7-8-16-39(38)49(42-18-13-21-46-50(42)41-17-10-12-20-45(41)51(46,3)4)43-29-33(24-27-40(43)48)34-23-26-37-36-14-9-11-19-44(36)52(5,6)47(37)30-34/h7-30H,1-6H3. The Morgan fingerprint density at radius 2 is 0.846 bits per heavy atom. The maximum absolute atomic E-state index is 2.49. The number of hydrogen-bond donors (Lipinski definition) is 0. The van der Waals surface area contributed by atoms with E-state index >= 15 is 0 Å². The Labute approximate surface area is 307 Å². The van der Waals surface area contributed by atoms with E-state index in [4.69, 9.17) is 0 Å². The monoisotopic (exact) mass is 666 g/mol. The van der Waals surface area contributed by atoms with Gasteiger partial charge in [0.25, 0.3) is 0 Å². The number of aryl methyl sites for hydroxylation is 2. The molecule has 10 rings (SSSR count). The van der Waals surface area contributed by atoms with Crippen molar-refractivity contribution in [2.45, 2.75) is 52.4 Å². The van der Waals surface area contributed by atoms with E-state index in [9.17, 15) is 0 Å². The summed E-state index contributed by atoms with van der Waals surface area (Å²) in [5.41, 5.74) is 21.3. The molecule has 0 saturated carbocycles. The van der Waals surface area contributed by atoms with Gasteiger partial charge < -0.3 is 0 Å². The van der Waals surface area contributed by atoms with E-state index in [0.29, 0.717) is 0 Å². The second-order valence-electron chi connectivity index (χ2n) is 16.2. The van der Waals surface area contributed by atoms with Gasteiger partial charge in [0.2, 0.25) is 0 Å². The molecule has 0 spiro atoms. The van der Waals surface area contributed by atoms with Crippen molar-refractivity contribution < 1.29 is 0 Å². The Kier molecular flexibility index (Phi) is 6.50. The summed E-state index contributed by atoms with van der Waals surface area (Å²) in [6.07, 6.45) is 0. The Morgan fingerprint density at radius 3 is 1.60 bits per heavy atom. The summed E-state index contributed by atoms with van der Waals surface area (Å²) in [5, 5.41) is 5.18. The van der Waals surface area contributed by atoms with E-state index < -0.39 is 0 Å². The van der Waals surface area contributed by atoms with Crippen molar-refractivity contribution >= 4 is 21.5 Å². The number of rotatable bonds is 3. The average molecular weight is 667 g/mol. The average Bonchev–Trinajstić information content (AvgIpc) is 3.53. The van der Waals surface area contributed by atoms with Crippen molar-refractivity contribution in [3.05, 3.63) is 179 Å². The van der Waals surface area contributed by atoms with E-state index in [2.05, 4.69) is 187 Å². The highest BCUT2D eigenvalue weighted by Crippen LogP contribution is 2.55. The van der Waals surface area contributed by atoms with Gasteiger partial charge in [-0.3, -0.25) is 0 Å². The highest BCUT2D eigenvalue weighted by molar-refractivity contribution is 6.23. The van der Waals surface area contributed by atoms with E-state index in [1.807, 2.05) is 0 Å². The van der Waals surface area contributed by atoms with Crippen molar-refractivity contribution in [3.63, 3.8) is 0 Å². The molecule has 0 heteroatoms. The largest absolute Gasteiger partial charge is 0.0619 e. The first-order chi connectivity index (χ1) is 25.1. The van der Waals surface area contributed by atoms with Crippen molar-refractivity contribution in [3.8, 4) is 55.6 Å². The van der Waals surface area contributed by atoms with Crippen LogP contribution >= 0.6 is 0 Å². The second kappa shape index (κ2) is 10.9. The molecule has 8 aromatic carbocycles. The first-order valence-corrected chi connectivity index (χ1v) is 18.7. The smallest absolute Gasteiger partial charge is 0.0159 e. The molecule has 0 unspecified atom stereocenters.